The lowest BCUT2D eigenvalue weighted by molar-refractivity contribution is -0.148. The number of pyridine rings is 1. The van der Waals surface area contributed by atoms with Crippen LogP contribution in [0.4, 0.5) is 4.39 Å². The second kappa shape index (κ2) is 9.36. The Morgan fingerprint density at radius 1 is 1.16 bits per heavy atom. The molecule has 1 fully saturated rings. The van der Waals surface area contributed by atoms with E-state index >= 15 is 4.39 Å². The quantitative estimate of drug-likeness (QED) is 0.420. The molecule has 1 aliphatic carbocycles. The second-order valence-electron chi connectivity index (χ2n) is 9.58. The van der Waals surface area contributed by atoms with Crippen molar-refractivity contribution in [2.24, 2.45) is 5.73 Å². The van der Waals surface area contributed by atoms with E-state index < -0.39 is 35.7 Å². The number of nitrogens with two attached hydrogens (primary N) is 1. The molecule has 1 aromatic heterocycles. The molecule has 2 atom stereocenters. The Bertz CT molecular complexity index is 1380. The van der Waals surface area contributed by atoms with Gasteiger partial charge in [0.25, 0.3) is 11.8 Å². The van der Waals surface area contributed by atoms with Crippen molar-refractivity contribution < 1.29 is 23.8 Å². The number of aliphatic hydroxyl groups excluding tert-OH is 1. The Morgan fingerprint density at radius 2 is 1.84 bits per heavy atom. The normalized spacial score (nSPS) is 20.5. The van der Waals surface area contributed by atoms with Crippen LogP contribution >= 0.6 is 23.2 Å². The topological polar surface area (TPSA) is 106 Å². The molecule has 7 nitrogen and oxygen atoms in total. The number of ether oxygens (including phenoxy) is 1. The monoisotopic (exact) mass is 543 g/mol. The SMILES string of the molecule is CC(O)C(=O)N1C(=O)c2ccc(OCC3(N)CC3)c(-c3ccc(Cl)cc3)c2[C@]1(F)Cc1ccc(Cl)cn1. The van der Waals surface area contributed by atoms with Gasteiger partial charge >= 0.3 is 0 Å². The number of hydrogen-bond acceptors (Lipinski definition) is 6. The molecule has 2 aromatic carbocycles. The van der Waals surface area contributed by atoms with E-state index in [-0.39, 0.29) is 23.4 Å². The first kappa shape index (κ1) is 25.6. The van der Waals surface area contributed by atoms with Crippen molar-refractivity contribution in [3.8, 4) is 16.9 Å². The number of carbonyl (C=O) groups is 2. The summed E-state index contributed by atoms with van der Waals surface area (Å²) in [7, 11) is 0. The van der Waals surface area contributed by atoms with E-state index in [0.29, 0.717) is 31.8 Å². The number of hydrogen-bond donors (Lipinski definition) is 2. The van der Waals surface area contributed by atoms with E-state index in [0.717, 1.165) is 12.8 Å². The van der Waals surface area contributed by atoms with E-state index in [2.05, 4.69) is 4.98 Å². The van der Waals surface area contributed by atoms with Crippen LogP contribution in [-0.2, 0) is 17.0 Å². The Labute approximate surface area is 223 Å². The number of imide groups is 1. The summed E-state index contributed by atoms with van der Waals surface area (Å²) in [6.07, 6.45) is 0.881. The molecule has 2 heterocycles. The highest BCUT2D eigenvalue weighted by molar-refractivity contribution is 6.30. The fourth-order valence-electron chi connectivity index (χ4n) is 4.48. The van der Waals surface area contributed by atoms with Crippen molar-refractivity contribution in [2.75, 3.05) is 6.61 Å². The molecule has 5 rings (SSSR count). The average Bonchev–Trinajstić information content (AvgIpc) is 3.56. The molecule has 2 aliphatic rings. The number of carbonyl (C=O) groups excluding carboxylic acids is 2. The average molecular weight is 544 g/mol. The summed E-state index contributed by atoms with van der Waals surface area (Å²) in [5.74, 6) is -4.31. The number of nitrogens with zero attached hydrogens (tertiary/aromatic N) is 2. The molecule has 10 heteroatoms. The van der Waals surface area contributed by atoms with Crippen molar-refractivity contribution in [2.45, 2.75) is 43.6 Å². The highest BCUT2D eigenvalue weighted by Crippen LogP contribution is 2.51. The van der Waals surface area contributed by atoms with Crippen molar-refractivity contribution in [1.29, 1.82) is 0 Å². The van der Waals surface area contributed by atoms with E-state index in [9.17, 15) is 14.7 Å². The van der Waals surface area contributed by atoms with Gasteiger partial charge in [0.2, 0.25) is 5.79 Å². The van der Waals surface area contributed by atoms with Gasteiger partial charge in [-0.25, -0.2) is 9.29 Å². The Morgan fingerprint density at radius 3 is 2.43 bits per heavy atom. The largest absolute Gasteiger partial charge is 0.491 e. The second-order valence-corrected chi connectivity index (χ2v) is 10.5. The standard InChI is InChI=1S/C27H24Cl2FN3O4/c1-15(34)24(35)33-25(36)20-8-9-21(37-14-26(31)10-11-26)22(16-2-4-17(28)5-3-16)23(20)27(33,30)12-19-7-6-18(29)13-32-19/h2-9,13,15,34H,10-12,14,31H2,1H3/t15?,27-/m0/s1. The number of aliphatic hydroxyl groups is 1. The molecule has 1 unspecified atom stereocenters. The summed E-state index contributed by atoms with van der Waals surface area (Å²) in [6, 6.07) is 12.7. The maximum atomic E-state index is 17.5. The van der Waals surface area contributed by atoms with Crippen molar-refractivity contribution in [3.05, 3.63) is 81.6 Å². The summed E-state index contributed by atoms with van der Waals surface area (Å²) in [4.78, 5) is 31.2. The molecular weight excluding hydrogens is 520 g/mol. The Kier molecular flexibility index (Phi) is 6.48. The molecule has 3 N–H and O–H groups in total. The summed E-state index contributed by atoms with van der Waals surface area (Å²) in [5.41, 5.74) is 6.78. The minimum absolute atomic E-state index is 0.0170. The molecule has 3 aromatic rings. The number of amides is 2. The number of benzene rings is 2. The molecule has 37 heavy (non-hydrogen) atoms. The third kappa shape index (κ3) is 4.70. The van der Waals surface area contributed by atoms with Gasteiger partial charge in [-0.1, -0.05) is 35.3 Å². The van der Waals surface area contributed by atoms with Crippen LogP contribution in [0.15, 0.2) is 54.7 Å². The van der Waals surface area contributed by atoms with Gasteiger partial charge in [0.1, 0.15) is 18.5 Å². The maximum absolute atomic E-state index is 17.5. The third-order valence-corrected chi connectivity index (χ3v) is 7.14. The van der Waals surface area contributed by atoms with Gasteiger partial charge in [-0.05, 0) is 61.7 Å². The molecule has 192 valence electrons. The number of alkyl halides is 1. The van der Waals surface area contributed by atoms with Gasteiger partial charge in [-0.2, -0.15) is 0 Å². The highest BCUT2D eigenvalue weighted by atomic mass is 35.5. The Hall–Kier alpha value is -3.04. The van der Waals surface area contributed by atoms with Crippen LogP contribution in [-0.4, -0.2) is 45.1 Å². The fourth-order valence-corrected chi connectivity index (χ4v) is 4.72. The van der Waals surface area contributed by atoms with Crippen molar-refractivity contribution >= 4 is 35.0 Å². The van der Waals surface area contributed by atoms with Crippen LogP contribution in [0.3, 0.4) is 0 Å². The minimum Gasteiger partial charge on any atom is -0.491 e. The zero-order valence-electron chi connectivity index (χ0n) is 19.9. The van der Waals surface area contributed by atoms with E-state index in [1.807, 2.05) is 0 Å². The lowest BCUT2D eigenvalue weighted by atomic mass is 9.88. The molecule has 0 saturated heterocycles. The molecule has 0 radical (unpaired) electrons. The van der Waals surface area contributed by atoms with Crippen LogP contribution in [0, 0.1) is 0 Å². The van der Waals surface area contributed by atoms with Crippen LogP contribution in [0.25, 0.3) is 11.1 Å². The van der Waals surface area contributed by atoms with Crippen LogP contribution in [0.2, 0.25) is 10.0 Å². The Balaban J connectivity index is 1.73. The minimum atomic E-state index is -2.68. The van der Waals surface area contributed by atoms with Gasteiger partial charge in [0.15, 0.2) is 0 Å². The van der Waals surface area contributed by atoms with Crippen molar-refractivity contribution in [1.82, 2.24) is 9.88 Å². The number of fused-ring (bicyclic) bond motifs is 1. The predicted octanol–water partition coefficient (Wildman–Crippen LogP) is 4.65. The zero-order chi connectivity index (χ0) is 26.5. The van der Waals surface area contributed by atoms with E-state index in [1.54, 1.807) is 36.4 Å². The lowest BCUT2D eigenvalue weighted by Crippen LogP contribution is -2.49. The third-order valence-electron chi connectivity index (χ3n) is 6.66. The van der Waals surface area contributed by atoms with Crippen LogP contribution in [0.1, 0.15) is 41.4 Å². The smallest absolute Gasteiger partial charge is 0.263 e. The molecule has 2 amide bonds. The molecular formula is C27H24Cl2FN3O4. The summed E-state index contributed by atoms with van der Waals surface area (Å²) < 4.78 is 23.6. The van der Waals surface area contributed by atoms with Gasteiger partial charge < -0.3 is 15.6 Å². The first-order chi connectivity index (χ1) is 17.5. The highest BCUT2D eigenvalue weighted by Gasteiger charge is 2.56. The number of aromatic nitrogens is 1. The van der Waals surface area contributed by atoms with Gasteiger partial charge in [0, 0.05) is 40.0 Å². The predicted molar refractivity (Wildman–Crippen MR) is 137 cm³/mol. The summed E-state index contributed by atoms with van der Waals surface area (Å²) in [6.45, 7) is 1.39. The molecule has 0 spiro atoms. The lowest BCUT2D eigenvalue weighted by Gasteiger charge is -2.32. The first-order valence-electron chi connectivity index (χ1n) is 11.7. The van der Waals surface area contributed by atoms with Crippen LogP contribution < -0.4 is 10.5 Å². The molecule has 0 bridgehead atoms. The van der Waals surface area contributed by atoms with Crippen LogP contribution in [0.5, 0.6) is 5.75 Å². The first-order valence-corrected chi connectivity index (χ1v) is 12.5. The zero-order valence-corrected chi connectivity index (χ0v) is 21.4. The molecule has 1 saturated carbocycles. The number of halogens is 3. The summed E-state index contributed by atoms with van der Waals surface area (Å²) >= 11 is 12.1. The van der Waals surface area contributed by atoms with Crippen molar-refractivity contribution in [3.63, 3.8) is 0 Å². The summed E-state index contributed by atoms with van der Waals surface area (Å²) in [5, 5.41) is 10.9. The van der Waals surface area contributed by atoms with Gasteiger partial charge in [0.05, 0.1) is 10.6 Å². The molecule has 1 aliphatic heterocycles. The van der Waals surface area contributed by atoms with Gasteiger partial charge in [-0.15, -0.1) is 0 Å². The van der Waals surface area contributed by atoms with Gasteiger partial charge in [-0.3, -0.25) is 14.6 Å². The van der Waals surface area contributed by atoms with E-state index in [4.69, 9.17) is 33.7 Å². The fraction of sp³-hybridized carbons (Fsp3) is 0.296. The maximum Gasteiger partial charge on any atom is 0.263 e. The van der Waals surface area contributed by atoms with E-state index in [1.165, 1.54) is 25.3 Å². The number of rotatable bonds is 7.